The standard InChI is InChI=1S/C13H24F3N3O/c1-10(9-19-6-4-3-5-7-19)8-18-11(20)12(2,17)13(14,15)16/h10H,3-9,17H2,1-2H3,(H,18,20). The highest BCUT2D eigenvalue weighted by molar-refractivity contribution is 5.86. The van der Waals surface area contributed by atoms with Gasteiger partial charge in [0, 0.05) is 13.1 Å². The molecule has 0 aromatic heterocycles. The van der Waals surface area contributed by atoms with Gasteiger partial charge in [-0.3, -0.25) is 4.79 Å². The number of carbonyl (C=O) groups is 1. The van der Waals surface area contributed by atoms with Crippen LogP contribution >= 0.6 is 0 Å². The molecule has 0 aromatic carbocycles. The molecule has 2 atom stereocenters. The third kappa shape index (κ3) is 4.63. The number of hydrogen-bond acceptors (Lipinski definition) is 3. The summed E-state index contributed by atoms with van der Waals surface area (Å²) in [6.45, 7) is 5.64. The number of piperidine rings is 1. The molecule has 20 heavy (non-hydrogen) atoms. The summed E-state index contributed by atoms with van der Waals surface area (Å²) in [5.74, 6) is -1.07. The van der Waals surface area contributed by atoms with E-state index in [0.717, 1.165) is 32.5 Å². The molecule has 4 nitrogen and oxygen atoms in total. The average molecular weight is 295 g/mol. The van der Waals surface area contributed by atoms with Gasteiger partial charge in [-0.05, 0) is 38.8 Å². The minimum atomic E-state index is -4.74. The summed E-state index contributed by atoms with van der Waals surface area (Å²) < 4.78 is 37.8. The van der Waals surface area contributed by atoms with Gasteiger partial charge in [-0.15, -0.1) is 0 Å². The number of alkyl halides is 3. The number of amides is 1. The Morgan fingerprint density at radius 1 is 1.30 bits per heavy atom. The second-order valence-electron chi connectivity index (χ2n) is 5.88. The first-order chi connectivity index (χ1) is 9.14. The lowest BCUT2D eigenvalue weighted by atomic mass is 10.0. The fourth-order valence-electron chi connectivity index (χ4n) is 2.23. The second kappa shape index (κ2) is 6.76. The quantitative estimate of drug-likeness (QED) is 0.808. The van der Waals surface area contributed by atoms with E-state index < -0.39 is 17.6 Å². The van der Waals surface area contributed by atoms with Crippen LogP contribution < -0.4 is 11.1 Å². The Morgan fingerprint density at radius 2 is 1.85 bits per heavy atom. The molecule has 1 aliphatic rings. The first-order valence-corrected chi connectivity index (χ1v) is 7.01. The number of nitrogens with zero attached hydrogens (tertiary/aromatic N) is 1. The smallest absolute Gasteiger partial charge is 0.354 e. The molecule has 0 bridgehead atoms. The molecule has 0 aromatic rings. The fourth-order valence-corrected chi connectivity index (χ4v) is 2.23. The predicted molar refractivity (Wildman–Crippen MR) is 71.1 cm³/mol. The maximum atomic E-state index is 12.6. The second-order valence-corrected chi connectivity index (χ2v) is 5.88. The summed E-state index contributed by atoms with van der Waals surface area (Å²) in [6, 6.07) is 0. The van der Waals surface area contributed by atoms with Crippen molar-refractivity contribution in [1.29, 1.82) is 0 Å². The molecule has 0 radical (unpaired) electrons. The highest BCUT2D eigenvalue weighted by Gasteiger charge is 2.53. The van der Waals surface area contributed by atoms with Crippen LogP contribution in [0.15, 0.2) is 0 Å². The SMILES string of the molecule is CC(CNC(=O)C(C)(N)C(F)(F)F)CN1CCCCC1. The molecule has 1 fully saturated rings. The van der Waals surface area contributed by atoms with Crippen LogP contribution in [-0.4, -0.2) is 48.7 Å². The number of rotatable bonds is 5. The van der Waals surface area contributed by atoms with Crippen molar-refractivity contribution in [3.05, 3.63) is 0 Å². The van der Waals surface area contributed by atoms with Crippen molar-refractivity contribution in [1.82, 2.24) is 10.2 Å². The van der Waals surface area contributed by atoms with Crippen molar-refractivity contribution >= 4 is 5.91 Å². The summed E-state index contributed by atoms with van der Waals surface area (Å²) in [6.07, 6.45) is -1.19. The van der Waals surface area contributed by atoms with Gasteiger partial charge in [-0.25, -0.2) is 0 Å². The summed E-state index contributed by atoms with van der Waals surface area (Å²) in [7, 11) is 0. The molecule has 1 aliphatic heterocycles. The molecular weight excluding hydrogens is 271 g/mol. The van der Waals surface area contributed by atoms with Gasteiger partial charge in [0.15, 0.2) is 5.54 Å². The molecule has 3 N–H and O–H groups in total. The number of likely N-dealkylation sites (tertiary alicyclic amines) is 1. The van der Waals surface area contributed by atoms with Crippen molar-refractivity contribution in [3.8, 4) is 0 Å². The molecule has 1 saturated heterocycles. The van der Waals surface area contributed by atoms with Crippen LogP contribution in [0.25, 0.3) is 0 Å². The van der Waals surface area contributed by atoms with Crippen LogP contribution in [0, 0.1) is 5.92 Å². The average Bonchev–Trinajstić information content (AvgIpc) is 2.35. The molecule has 1 rings (SSSR count). The van der Waals surface area contributed by atoms with Gasteiger partial charge in [-0.1, -0.05) is 13.3 Å². The zero-order chi connectivity index (χ0) is 15.4. The molecule has 1 heterocycles. The molecule has 0 spiro atoms. The Kier molecular flexibility index (Phi) is 5.82. The molecule has 7 heteroatoms. The lowest BCUT2D eigenvalue weighted by molar-refractivity contribution is -0.187. The van der Waals surface area contributed by atoms with Crippen molar-refractivity contribution < 1.29 is 18.0 Å². The van der Waals surface area contributed by atoms with Crippen LogP contribution in [0.5, 0.6) is 0 Å². The van der Waals surface area contributed by atoms with E-state index in [1.54, 1.807) is 0 Å². The van der Waals surface area contributed by atoms with Gasteiger partial charge < -0.3 is 16.0 Å². The van der Waals surface area contributed by atoms with E-state index in [-0.39, 0.29) is 12.5 Å². The minimum absolute atomic E-state index is 0.0982. The van der Waals surface area contributed by atoms with Gasteiger partial charge in [0.05, 0.1) is 0 Å². The van der Waals surface area contributed by atoms with E-state index >= 15 is 0 Å². The van der Waals surface area contributed by atoms with Crippen LogP contribution in [0.1, 0.15) is 33.1 Å². The molecule has 0 aliphatic carbocycles. The maximum absolute atomic E-state index is 12.6. The van der Waals surface area contributed by atoms with E-state index in [0.29, 0.717) is 6.92 Å². The normalized spacial score (nSPS) is 22.1. The van der Waals surface area contributed by atoms with Gasteiger partial charge >= 0.3 is 6.18 Å². The predicted octanol–water partition coefficient (Wildman–Crippen LogP) is 1.50. The molecule has 1 amide bonds. The van der Waals surface area contributed by atoms with Crippen LogP contribution in [0.4, 0.5) is 13.2 Å². The number of hydrogen-bond donors (Lipinski definition) is 2. The Hall–Kier alpha value is -0.820. The molecule has 2 unspecified atom stereocenters. The van der Waals surface area contributed by atoms with Gasteiger partial charge in [0.1, 0.15) is 0 Å². The van der Waals surface area contributed by atoms with Crippen LogP contribution in [0.2, 0.25) is 0 Å². The van der Waals surface area contributed by atoms with E-state index in [1.807, 2.05) is 6.92 Å². The van der Waals surface area contributed by atoms with E-state index in [2.05, 4.69) is 10.2 Å². The van der Waals surface area contributed by atoms with Crippen LogP contribution in [0.3, 0.4) is 0 Å². The Balaban J connectivity index is 2.36. The molecular formula is C13H24F3N3O. The number of carbonyl (C=O) groups excluding carboxylic acids is 1. The van der Waals surface area contributed by atoms with E-state index in [4.69, 9.17) is 5.73 Å². The lowest BCUT2D eigenvalue weighted by Gasteiger charge is -2.30. The first kappa shape index (κ1) is 17.2. The van der Waals surface area contributed by atoms with Crippen molar-refractivity contribution in [3.63, 3.8) is 0 Å². The minimum Gasteiger partial charge on any atom is -0.354 e. The topological polar surface area (TPSA) is 58.4 Å². The number of nitrogens with two attached hydrogens (primary N) is 1. The summed E-state index contributed by atoms with van der Waals surface area (Å²) >= 11 is 0. The zero-order valence-electron chi connectivity index (χ0n) is 12.1. The van der Waals surface area contributed by atoms with Gasteiger partial charge in [0.25, 0.3) is 0 Å². The van der Waals surface area contributed by atoms with Crippen molar-refractivity contribution in [2.75, 3.05) is 26.2 Å². The summed E-state index contributed by atoms with van der Waals surface area (Å²) in [5, 5.41) is 2.31. The Labute approximate surface area is 117 Å². The van der Waals surface area contributed by atoms with E-state index in [9.17, 15) is 18.0 Å². The van der Waals surface area contributed by atoms with Crippen molar-refractivity contribution in [2.45, 2.75) is 44.8 Å². The van der Waals surface area contributed by atoms with Crippen molar-refractivity contribution in [2.24, 2.45) is 11.7 Å². The molecule has 0 saturated carbocycles. The molecule has 118 valence electrons. The summed E-state index contributed by atoms with van der Waals surface area (Å²) in [5.41, 5.74) is 2.22. The van der Waals surface area contributed by atoms with Gasteiger partial charge in [-0.2, -0.15) is 13.2 Å². The zero-order valence-corrected chi connectivity index (χ0v) is 12.1. The van der Waals surface area contributed by atoms with Gasteiger partial charge in [0.2, 0.25) is 5.91 Å². The third-order valence-electron chi connectivity index (χ3n) is 3.69. The largest absolute Gasteiger partial charge is 0.415 e. The Bertz CT molecular complexity index is 325. The lowest BCUT2D eigenvalue weighted by Crippen LogP contribution is -2.61. The number of nitrogens with one attached hydrogen (secondary N) is 1. The third-order valence-corrected chi connectivity index (χ3v) is 3.69. The Morgan fingerprint density at radius 3 is 2.35 bits per heavy atom. The van der Waals surface area contributed by atoms with E-state index in [1.165, 1.54) is 6.42 Å². The maximum Gasteiger partial charge on any atom is 0.415 e. The fraction of sp³-hybridized carbons (Fsp3) is 0.923. The van der Waals surface area contributed by atoms with Crippen LogP contribution in [-0.2, 0) is 4.79 Å². The highest BCUT2D eigenvalue weighted by atomic mass is 19.4. The first-order valence-electron chi connectivity index (χ1n) is 7.01. The highest BCUT2D eigenvalue weighted by Crippen LogP contribution is 2.27. The monoisotopic (exact) mass is 295 g/mol. The number of halogens is 3. The summed E-state index contributed by atoms with van der Waals surface area (Å²) in [4.78, 5) is 13.8.